The molecule has 0 N–H and O–H groups in total. The number of fused-ring (bicyclic) bond motifs is 2. The first kappa shape index (κ1) is 17.3. The minimum Gasteiger partial charge on any atom is -0.339 e. The van der Waals surface area contributed by atoms with Crippen molar-refractivity contribution in [2.24, 2.45) is 0 Å². The standard InChI is InChI=1S/C18H15N3O3.BrH/c22-17-8-7-15-14(12-4-2-1-3-5-12)10-16(17)20(15)18-9-6-13(11-19-18)21(23)24;/h1-9,11,14-16H,10H2;1H/t14-,15?,16?;/m0./s1. The molecule has 2 unspecified atom stereocenters. The quantitative estimate of drug-likeness (QED) is 0.581. The van der Waals surface area contributed by atoms with Crippen LogP contribution in [0.25, 0.3) is 0 Å². The molecule has 2 aliphatic heterocycles. The van der Waals surface area contributed by atoms with Crippen molar-refractivity contribution < 1.29 is 9.72 Å². The Hall–Kier alpha value is -2.54. The normalized spacial score (nSPS) is 24.1. The number of halogens is 1. The maximum absolute atomic E-state index is 12.3. The van der Waals surface area contributed by atoms with Crippen LogP contribution in [0.5, 0.6) is 0 Å². The number of ketones is 1. The fraction of sp³-hybridized carbons (Fsp3) is 0.222. The summed E-state index contributed by atoms with van der Waals surface area (Å²) < 4.78 is 0. The molecule has 4 rings (SSSR count). The molecule has 1 fully saturated rings. The van der Waals surface area contributed by atoms with Crippen molar-refractivity contribution in [1.29, 1.82) is 0 Å². The fourth-order valence-electron chi connectivity index (χ4n) is 3.66. The van der Waals surface area contributed by atoms with E-state index in [0.717, 1.165) is 6.42 Å². The molecular weight excluding hydrogens is 386 g/mol. The average Bonchev–Trinajstić information content (AvgIpc) is 2.91. The first-order valence-electron chi connectivity index (χ1n) is 7.81. The molecule has 0 radical (unpaired) electrons. The van der Waals surface area contributed by atoms with Gasteiger partial charge in [0.2, 0.25) is 0 Å². The van der Waals surface area contributed by atoms with Crippen LogP contribution in [0.1, 0.15) is 17.9 Å². The Bertz CT molecular complexity index is 823. The van der Waals surface area contributed by atoms with Gasteiger partial charge in [-0.25, -0.2) is 4.98 Å². The number of pyridine rings is 1. The third-order valence-corrected chi connectivity index (χ3v) is 4.77. The van der Waals surface area contributed by atoms with Gasteiger partial charge in [0, 0.05) is 12.0 Å². The highest BCUT2D eigenvalue weighted by molar-refractivity contribution is 8.93. The topological polar surface area (TPSA) is 76.3 Å². The van der Waals surface area contributed by atoms with Gasteiger partial charge in [0.1, 0.15) is 12.0 Å². The summed E-state index contributed by atoms with van der Waals surface area (Å²) in [5.74, 6) is 0.868. The highest BCUT2D eigenvalue weighted by Crippen LogP contribution is 2.43. The van der Waals surface area contributed by atoms with Gasteiger partial charge in [-0.15, -0.1) is 17.0 Å². The lowest BCUT2D eigenvalue weighted by Gasteiger charge is -2.32. The Labute approximate surface area is 155 Å². The SMILES string of the molecule is Br.O=C1C=CC2[C@H](c3ccccc3)CC1N2c1ccc([N+](=O)[O-])cn1. The monoisotopic (exact) mass is 401 g/mol. The summed E-state index contributed by atoms with van der Waals surface area (Å²) in [4.78, 5) is 28.9. The maximum Gasteiger partial charge on any atom is 0.287 e. The van der Waals surface area contributed by atoms with Crippen molar-refractivity contribution in [3.63, 3.8) is 0 Å². The second kappa shape index (κ2) is 6.76. The Morgan fingerprint density at radius 1 is 1.16 bits per heavy atom. The molecule has 7 heteroatoms. The van der Waals surface area contributed by atoms with Crippen molar-refractivity contribution in [3.05, 3.63) is 76.5 Å². The van der Waals surface area contributed by atoms with E-state index < -0.39 is 4.92 Å². The molecular formula is C18H16BrN3O3. The second-order valence-electron chi connectivity index (χ2n) is 6.06. The third-order valence-electron chi connectivity index (χ3n) is 4.77. The summed E-state index contributed by atoms with van der Waals surface area (Å²) in [7, 11) is 0. The fourth-order valence-corrected chi connectivity index (χ4v) is 3.66. The van der Waals surface area contributed by atoms with Gasteiger partial charge in [-0.1, -0.05) is 36.4 Å². The molecule has 1 aromatic carbocycles. The van der Waals surface area contributed by atoms with Crippen LogP contribution in [-0.4, -0.2) is 27.8 Å². The second-order valence-corrected chi connectivity index (χ2v) is 6.06. The maximum atomic E-state index is 12.3. The third kappa shape index (κ3) is 2.95. The minimum atomic E-state index is -0.473. The smallest absolute Gasteiger partial charge is 0.287 e. The number of aromatic nitrogens is 1. The molecule has 2 aliphatic rings. The van der Waals surface area contributed by atoms with E-state index in [1.165, 1.54) is 17.8 Å². The van der Waals surface area contributed by atoms with Gasteiger partial charge in [0.25, 0.3) is 5.69 Å². The van der Waals surface area contributed by atoms with Gasteiger partial charge < -0.3 is 4.90 Å². The molecule has 2 aromatic rings. The molecule has 0 saturated carbocycles. The summed E-state index contributed by atoms with van der Waals surface area (Å²) in [5.41, 5.74) is 1.14. The first-order valence-corrected chi connectivity index (χ1v) is 7.81. The van der Waals surface area contributed by atoms with Crippen molar-refractivity contribution in [1.82, 2.24) is 4.98 Å². The molecule has 0 amide bonds. The number of anilines is 1. The number of nitrogens with zero attached hydrogens (tertiary/aromatic N) is 3. The van der Waals surface area contributed by atoms with E-state index in [1.807, 2.05) is 29.2 Å². The van der Waals surface area contributed by atoms with E-state index >= 15 is 0 Å². The lowest BCUT2D eigenvalue weighted by Crippen LogP contribution is -2.43. The molecule has 0 aliphatic carbocycles. The number of rotatable bonds is 3. The first-order chi connectivity index (χ1) is 11.6. The van der Waals surface area contributed by atoms with Crippen LogP contribution in [-0.2, 0) is 4.79 Å². The Morgan fingerprint density at radius 2 is 1.92 bits per heavy atom. The molecule has 3 heterocycles. The van der Waals surface area contributed by atoms with Crippen LogP contribution in [0.2, 0.25) is 0 Å². The number of benzene rings is 1. The predicted octanol–water partition coefficient (Wildman–Crippen LogP) is 3.44. The van der Waals surface area contributed by atoms with Gasteiger partial charge in [-0.3, -0.25) is 14.9 Å². The van der Waals surface area contributed by atoms with Crippen LogP contribution < -0.4 is 4.90 Å². The predicted molar refractivity (Wildman–Crippen MR) is 99.2 cm³/mol. The van der Waals surface area contributed by atoms with Crippen LogP contribution in [0, 0.1) is 10.1 Å². The zero-order valence-electron chi connectivity index (χ0n) is 13.2. The lowest BCUT2D eigenvalue weighted by atomic mass is 9.91. The van der Waals surface area contributed by atoms with Crippen molar-refractivity contribution in [3.8, 4) is 0 Å². The molecule has 0 spiro atoms. The zero-order valence-corrected chi connectivity index (χ0v) is 14.9. The molecule has 6 nitrogen and oxygen atoms in total. The van der Waals surface area contributed by atoms with Gasteiger partial charge in [-0.05, 0) is 24.1 Å². The lowest BCUT2D eigenvalue weighted by molar-refractivity contribution is -0.385. The highest BCUT2D eigenvalue weighted by Gasteiger charge is 2.46. The Morgan fingerprint density at radius 3 is 2.56 bits per heavy atom. The molecule has 25 heavy (non-hydrogen) atoms. The largest absolute Gasteiger partial charge is 0.339 e. The summed E-state index contributed by atoms with van der Waals surface area (Å²) in [6, 6.07) is 12.9. The highest BCUT2D eigenvalue weighted by atomic mass is 79.9. The molecule has 128 valence electrons. The van der Waals surface area contributed by atoms with E-state index in [4.69, 9.17) is 0 Å². The van der Waals surface area contributed by atoms with E-state index in [1.54, 1.807) is 12.1 Å². The number of nitro groups is 1. The van der Waals surface area contributed by atoms with E-state index in [9.17, 15) is 14.9 Å². The van der Waals surface area contributed by atoms with Crippen molar-refractivity contribution in [2.45, 2.75) is 24.4 Å². The van der Waals surface area contributed by atoms with E-state index in [0.29, 0.717) is 5.82 Å². The van der Waals surface area contributed by atoms with Crippen molar-refractivity contribution >= 4 is 34.3 Å². The number of hydrogen-bond donors (Lipinski definition) is 0. The molecule has 1 saturated heterocycles. The summed E-state index contributed by atoms with van der Waals surface area (Å²) in [6.07, 6.45) is 5.54. The number of hydrogen-bond acceptors (Lipinski definition) is 5. The Balaban J connectivity index is 0.00000182. The van der Waals surface area contributed by atoms with Gasteiger partial charge in [0.15, 0.2) is 5.78 Å². The van der Waals surface area contributed by atoms with Gasteiger partial charge in [-0.2, -0.15) is 0 Å². The van der Waals surface area contributed by atoms with Crippen LogP contribution in [0.4, 0.5) is 11.5 Å². The minimum absolute atomic E-state index is 0. The zero-order chi connectivity index (χ0) is 16.7. The van der Waals surface area contributed by atoms with Crippen LogP contribution in [0.15, 0.2) is 60.8 Å². The van der Waals surface area contributed by atoms with Crippen LogP contribution in [0.3, 0.4) is 0 Å². The molecule has 2 bridgehead atoms. The van der Waals surface area contributed by atoms with Crippen molar-refractivity contribution in [2.75, 3.05) is 4.90 Å². The van der Waals surface area contributed by atoms with E-state index in [2.05, 4.69) is 17.1 Å². The summed E-state index contributed by atoms with van der Waals surface area (Å²) in [5, 5.41) is 10.8. The van der Waals surface area contributed by atoms with E-state index in [-0.39, 0.29) is 46.5 Å². The number of carbonyl (C=O) groups is 1. The summed E-state index contributed by atoms with van der Waals surface area (Å²) >= 11 is 0. The molecule has 3 atom stereocenters. The van der Waals surface area contributed by atoms with Crippen LogP contribution >= 0.6 is 17.0 Å². The average molecular weight is 402 g/mol. The Kier molecular flexibility index (Phi) is 4.67. The van der Waals surface area contributed by atoms with Gasteiger partial charge in [0.05, 0.1) is 17.0 Å². The number of carbonyl (C=O) groups excluding carboxylic acids is 1. The van der Waals surface area contributed by atoms with Gasteiger partial charge >= 0.3 is 0 Å². The summed E-state index contributed by atoms with van der Waals surface area (Å²) in [6.45, 7) is 0. The molecule has 1 aromatic heterocycles.